The monoisotopic (exact) mass is 333 g/mol. The van der Waals surface area contributed by atoms with Gasteiger partial charge in [0.25, 0.3) is 0 Å². The number of ketones is 1. The van der Waals surface area contributed by atoms with Crippen LogP contribution in [0, 0.1) is 39.1 Å². The number of nitro benzene ring substituents is 1. The van der Waals surface area contributed by atoms with Crippen LogP contribution in [-0.4, -0.2) is 17.3 Å². The molecule has 4 aliphatic carbocycles. The van der Waals surface area contributed by atoms with Crippen LogP contribution in [0.25, 0.3) is 0 Å². The average molecular weight is 333 g/mol. The SMILES string of the molecule is O=C(COc1cc(F)ccc1[N+](=O)[O-])C12CC3CC(CC(C3)C1)C2. The quantitative estimate of drug-likeness (QED) is 0.605. The second-order valence-corrected chi connectivity index (χ2v) is 7.78. The summed E-state index contributed by atoms with van der Waals surface area (Å²) in [6.45, 7) is -0.212. The van der Waals surface area contributed by atoms with Gasteiger partial charge in [-0.3, -0.25) is 14.9 Å². The Bertz CT molecular complexity index is 667. The van der Waals surface area contributed by atoms with Crippen LogP contribution >= 0.6 is 0 Å². The Morgan fingerprint density at radius 2 is 1.79 bits per heavy atom. The first-order valence-corrected chi connectivity index (χ1v) is 8.55. The largest absolute Gasteiger partial charge is 0.479 e. The van der Waals surface area contributed by atoms with Crippen LogP contribution in [0.3, 0.4) is 0 Å². The fourth-order valence-electron chi connectivity index (χ4n) is 5.50. The lowest BCUT2D eigenvalue weighted by Crippen LogP contribution is -2.51. The maximum absolute atomic E-state index is 13.4. The van der Waals surface area contributed by atoms with Crippen LogP contribution in [0.1, 0.15) is 38.5 Å². The summed E-state index contributed by atoms with van der Waals surface area (Å²) in [6.07, 6.45) is 6.49. The van der Waals surface area contributed by atoms with E-state index in [-0.39, 0.29) is 29.2 Å². The molecule has 5 nitrogen and oxygen atoms in total. The molecule has 5 rings (SSSR count). The molecule has 0 atom stereocenters. The van der Waals surface area contributed by atoms with Crippen molar-refractivity contribution < 1.29 is 18.8 Å². The molecule has 24 heavy (non-hydrogen) atoms. The molecular formula is C18H20FNO4. The molecule has 0 heterocycles. The number of hydrogen-bond donors (Lipinski definition) is 0. The van der Waals surface area contributed by atoms with E-state index < -0.39 is 10.7 Å². The molecule has 0 radical (unpaired) electrons. The number of carbonyl (C=O) groups is 1. The standard InChI is InChI=1S/C18H20FNO4/c19-14-1-2-15(20(22)23)16(6-14)24-10-17(21)18-7-11-3-12(8-18)5-13(4-11)9-18/h1-2,6,11-13H,3-5,7-10H2. The van der Waals surface area contributed by atoms with E-state index in [1.807, 2.05) is 0 Å². The Balaban J connectivity index is 1.50. The highest BCUT2D eigenvalue weighted by molar-refractivity contribution is 5.86. The zero-order valence-electron chi connectivity index (χ0n) is 13.4. The first-order chi connectivity index (χ1) is 11.4. The lowest BCUT2D eigenvalue weighted by Gasteiger charge is -2.55. The van der Waals surface area contributed by atoms with Crippen LogP contribution in [0.5, 0.6) is 5.75 Å². The normalized spacial score (nSPS) is 33.5. The third-order valence-electron chi connectivity index (χ3n) is 6.11. The van der Waals surface area contributed by atoms with Crippen molar-refractivity contribution in [2.45, 2.75) is 38.5 Å². The van der Waals surface area contributed by atoms with E-state index in [0.29, 0.717) is 17.8 Å². The molecule has 128 valence electrons. The van der Waals surface area contributed by atoms with E-state index in [1.165, 1.54) is 19.3 Å². The van der Waals surface area contributed by atoms with Gasteiger partial charge in [0.2, 0.25) is 0 Å². The first-order valence-electron chi connectivity index (χ1n) is 8.55. The summed E-state index contributed by atoms with van der Waals surface area (Å²) >= 11 is 0. The zero-order valence-corrected chi connectivity index (χ0v) is 13.4. The number of Topliss-reactive ketones (excluding diaryl/α,β-unsaturated/α-hetero) is 1. The molecule has 6 heteroatoms. The van der Waals surface area contributed by atoms with E-state index in [0.717, 1.165) is 37.5 Å². The van der Waals surface area contributed by atoms with Gasteiger partial charge in [-0.1, -0.05) is 0 Å². The van der Waals surface area contributed by atoms with E-state index in [2.05, 4.69) is 0 Å². The predicted molar refractivity (Wildman–Crippen MR) is 84.2 cm³/mol. The molecule has 4 fully saturated rings. The smallest absolute Gasteiger partial charge is 0.311 e. The fraction of sp³-hybridized carbons (Fsp3) is 0.611. The Morgan fingerprint density at radius 3 is 2.33 bits per heavy atom. The predicted octanol–water partition coefficient (Wildman–Crippen LogP) is 3.90. The summed E-state index contributed by atoms with van der Waals surface area (Å²) in [5.74, 6) is 1.17. The summed E-state index contributed by atoms with van der Waals surface area (Å²) in [5, 5.41) is 11.0. The molecule has 0 unspecified atom stereocenters. The highest BCUT2D eigenvalue weighted by Crippen LogP contribution is 2.60. The van der Waals surface area contributed by atoms with E-state index >= 15 is 0 Å². The lowest BCUT2D eigenvalue weighted by atomic mass is 9.48. The van der Waals surface area contributed by atoms with Crippen molar-refractivity contribution in [3.8, 4) is 5.75 Å². The van der Waals surface area contributed by atoms with Gasteiger partial charge >= 0.3 is 5.69 Å². The van der Waals surface area contributed by atoms with Gasteiger partial charge in [0.05, 0.1) is 4.92 Å². The maximum Gasteiger partial charge on any atom is 0.311 e. The van der Waals surface area contributed by atoms with Crippen LogP contribution < -0.4 is 4.74 Å². The molecule has 0 aromatic heterocycles. The molecule has 0 spiro atoms. The summed E-state index contributed by atoms with van der Waals surface area (Å²) in [5.41, 5.74) is -0.619. The Morgan fingerprint density at radius 1 is 1.21 bits per heavy atom. The van der Waals surface area contributed by atoms with Gasteiger partial charge in [0.15, 0.2) is 11.5 Å². The highest BCUT2D eigenvalue weighted by Gasteiger charge is 2.54. The summed E-state index contributed by atoms with van der Waals surface area (Å²) in [7, 11) is 0. The zero-order chi connectivity index (χ0) is 16.9. The molecule has 1 aromatic carbocycles. The third kappa shape index (κ3) is 2.58. The van der Waals surface area contributed by atoms with Crippen LogP contribution in [0.4, 0.5) is 10.1 Å². The number of carbonyl (C=O) groups excluding carboxylic acids is 1. The van der Waals surface area contributed by atoms with E-state index in [9.17, 15) is 19.3 Å². The van der Waals surface area contributed by atoms with Gasteiger partial charge in [-0.05, 0) is 62.3 Å². The maximum atomic E-state index is 13.4. The van der Waals surface area contributed by atoms with Gasteiger partial charge in [0, 0.05) is 17.5 Å². The minimum atomic E-state index is -0.621. The van der Waals surface area contributed by atoms with Gasteiger partial charge in [-0.25, -0.2) is 4.39 Å². The summed E-state index contributed by atoms with van der Waals surface area (Å²) < 4.78 is 18.8. The lowest BCUT2D eigenvalue weighted by molar-refractivity contribution is -0.385. The van der Waals surface area contributed by atoms with Crippen molar-refractivity contribution in [3.05, 3.63) is 34.1 Å². The molecule has 1 aromatic rings. The number of hydrogen-bond acceptors (Lipinski definition) is 4. The number of benzene rings is 1. The molecule has 0 saturated heterocycles. The molecule has 4 bridgehead atoms. The second kappa shape index (κ2) is 5.53. The summed E-state index contributed by atoms with van der Waals surface area (Å²) in [4.78, 5) is 23.2. The van der Waals surface area contributed by atoms with Crippen LogP contribution in [-0.2, 0) is 4.79 Å². The first kappa shape index (κ1) is 15.5. The minimum absolute atomic E-state index is 0.0279. The van der Waals surface area contributed by atoms with Crippen molar-refractivity contribution in [2.24, 2.45) is 23.2 Å². The van der Waals surface area contributed by atoms with Gasteiger partial charge in [-0.2, -0.15) is 0 Å². The number of ether oxygens (including phenoxy) is 1. The van der Waals surface area contributed by atoms with Crippen LogP contribution in [0.15, 0.2) is 18.2 Å². The Hall–Kier alpha value is -1.98. The van der Waals surface area contributed by atoms with Gasteiger partial charge < -0.3 is 4.74 Å². The minimum Gasteiger partial charge on any atom is -0.479 e. The van der Waals surface area contributed by atoms with Crippen molar-refractivity contribution in [2.75, 3.05) is 6.61 Å². The number of nitrogens with zero attached hydrogens (tertiary/aromatic N) is 1. The molecular weight excluding hydrogens is 313 g/mol. The topological polar surface area (TPSA) is 69.4 Å². The molecule has 4 saturated carbocycles. The molecule has 0 amide bonds. The summed E-state index contributed by atoms with van der Waals surface area (Å²) in [6, 6.07) is 3.07. The molecule has 0 aliphatic heterocycles. The average Bonchev–Trinajstić information content (AvgIpc) is 2.51. The fourth-order valence-corrected chi connectivity index (χ4v) is 5.50. The highest BCUT2D eigenvalue weighted by atomic mass is 19.1. The Kier molecular flexibility index (Phi) is 3.58. The van der Waals surface area contributed by atoms with E-state index in [1.54, 1.807) is 0 Å². The van der Waals surface area contributed by atoms with Crippen LogP contribution in [0.2, 0.25) is 0 Å². The number of nitro groups is 1. The second-order valence-electron chi connectivity index (χ2n) is 7.78. The molecule has 4 aliphatic rings. The Labute approximate surface area is 139 Å². The van der Waals surface area contributed by atoms with Crippen molar-refractivity contribution in [1.82, 2.24) is 0 Å². The van der Waals surface area contributed by atoms with Crippen molar-refractivity contribution in [3.63, 3.8) is 0 Å². The third-order valence-corrected chi connectivity index (χ3v) is 6.11. The van der Waals surface area contributed by atoms with Gasteiger partial charge in [-0.15, -0.1) is 0 Å². The number of halogens is 1. The molecule has 0 N–H and O–H groups in total. The number of rotatable bonds is 5. The van der Waals surface area contributed by atoms with Crippen molar-refractivity contribution in [1.29, 1.82) is 0 Å². The van der Waals surface area contributed by atoms with E-state index in [4.69, 9.17) is 4.74 Å². The van der Waals surface area contributed by atoms with Crippen molar-refractivity contribution >= 4 is 11.5 Å². The van der Waals surface area contributed by atoms with Gasteiger partial charge in [0.1, 0.15) is 12.4 Å².